The van der Waals surface area contributed by atoms with Gasteiger partial charge in [-0.1, -0.05) is 12.1 Å². The van der Waals surface area contributed by atoms with E-state index in [4.69, 9.17) is 9.88 Å². The maximum Gasteiger partial charge on any atom is 0.246 e. The molecule has 0 aliphatic carbocycles. The number of primary sulfonamides is 1. The van der Waals surface area contributed by atoms with Crippen LogP contribution in [0.1, 0.15) is 5.56 Å². The zero-order valence-electron chi connectivity index (χ0n) is 14.7. The lowest BCUT2D eigenvalue weighted by molar-refractivity contribution is -0.117. The highest BCUT2D eigenvalue weighted by molar-refractivity contribution is 7.89. The Balaban J connectivity index is 1.79. The number of carbonyl (C=O) groups is 1. The van der Waals surface area contributed by atoms with Gasteiger partial charge in [0, 0.05) is 19.3 Å². The second kappa shape index (κ2) is 6.97. The van der Waals surface area contributed by atoms with Gasteiger partial charge in [0.25, 0.3) is 0 Å². The summed E-state index contributed by atoms with van der Waals surface area (Å²) >= 11 is 0. The van der Waals surface area contributed by atoms with E-state index in [2.05, 4.69) is 0 Å². The lowest BCUT2D eigenvalue weighted by Gasteiger charge is -2.24. The molecule has 2 aromatic rings. The zero-order valence-corrected chi connectivity index (χ0v) is 15.5. The van der Waals surface area contributed by atoms with Crippen molar-refractivity contribution >= 4 is 27.3 Å². The summed E-state index contributed by atoms with van der Waals surface area (Å²) in [6, 6.07) is 12.1. The van der Waals surface area contributed by atoms with Gasteiger partial charge in [-0.25, -0.2) is 13.6 Å². The van der Waals surface area contributed by atoms with E-state index in [9.17, 15) is 13.2 Å². The van der Waals surface area contributed by atoms with Gasteiger partial charge in [0.15, 0.2) is 0 Å². The molecule has 1 aliphatic heterocycles. The number of carbonyl (C=O) groups excluding carboxylic acids is 1. The van der Waals surface area contributed by atoms with Crippen LogP contribution in [0.4, 0.5) is 11.4 Å². The second-order valence-electron chi connectivity index (χ2n) is 6.16. The summed E-state index contributed by atoms with van der Waals surface area (Å²) in [5.41, 5.74) is 2.37. The predicted octanol–water partition coefficient (Wildman–Crippen LogP) is 1.37. The van der Waals surface area contributed by atoms with E-state index in [1.165, 1.54) is 6.07 Å². The Morgan fingerprint density at radius 2 is 2.00 bits per heavy atom. The van der Waals surface area contributed by atoms with Crippen molar-refractivity contribution in [3.05, 3.63) is 48.0 Å². The normalized spacial score (nSPS) is 13.4. The monoisotopic (exact) mass is 375 g/mol. The first-order chi connectivity index (χ1) is 12.3. The zero-order chi connectivity index (χ0) is 18.9. The third-order valence-corrected chi connectivity index (χ3v) is 5.36. The van der Waals surface area contributed by atoms with E-state index < -0.39 is 10.0 Å². The molecule has 26 heavy (non-hydrogen) atoms. The number of para-hydroxylation sites is 2. The molecule has 2 aromatic carbocycles. The lowest BCUT2D eigenvalue weighted by Crippen LogP contribution is -2.38. The first kappa shape index (κ1) is 18.2. The van der Waals surface area contributed by atoms with E-state index in [1.54, 1.807) is 24.1 Å². The predicted molar refractivity (Wildman–Crippen MR) is 100 cm³/mol. The summed E-state index contributed by atoms with van der Waals surface area (Å²) in [7, 11) is -0.329. The fourth-order valence-electron chi connectivity index (χ4n) is 3.13. The number of amides is 1. The molecular weight excluding hydrogens is 354 g/mol. The Kier molecular flexibility index (Phi) is 4.88. The molecule has 3 rings (SSSR count). The fraction of sp³-hybridized carbons (Fsp3) is 0.278. The van der Waals surface area contributed by atoms with Crippen LogP contribution in [0, 0.1) is 0 Å². The van der Waals surface area contributed by atoms with Crippen LogP contribution in [0.15, 0.2) is 47.4 Å². The van der Waals surface area contributed by atoms with Crippen molar-refractivity contribution in [3.8, 4) is 5.75 Å². The van der Waals surface area contributed by atoms with E-state index in [1.807, 2.05) is 36.2 Å². The summed E-state index contributed by atoms with van der Waals surface area (Å²) in [5.74, 6) is 0.628. The van der Waals surface area contributed by atoms with Gasteiger partial charge in [0.05, 0.1) is 24.2 Å². The van der Waals surface area contributed by atoms with E-state index in [0.29, 0.717) is 18.7 Å². The summed E-state index contributed by atoms with van der Waals surface area (Å²) in [6.45, 7) is 0.693. The second-order valence-corrected chi connectivity index (χ2v) is 7.72. The Morgan fingerprint density at radius 1 is 1.27 bits per heavy atom. The highest BCUT2D eigenvalue weighted by Crippen LogP contribution is 2.31. The third kappa shape index (κ3) is 3.51. The van der Waals surface area contributed by atoms with Crippen molar-refractivity contribution in [2.45, 2.75) is 11.3 Å². The molecule has 1 aliphatic rings. The van der Waals surface area contributed by atoms with Crippen LogP contribution >= 0.6 is 0 Å². The van der Waals surface area contributed by atoms with Gasteiger partial charge in [0.1, 0.15) is 5.75 Å². The number of rotatable bonds is 5. The van der Waals surface area contributed by atoms with Crippen LogP contribution in [0.3, 0.4) is 0 Å². The average Bonchev–Trinajstić information content (AvgIpc) is 3.04. The molecule has 8 heteroatoms. The lowest BCUT2D eigenvalue weighted by atomic mass is 10.2. The molecule has 0 spiro atoms. The maximum atomic E-state index is 12.8. The first-order valence-corrected chi connectivity index (χ1v) is 9.66. The standard InChI is InChI=1S/C18H21N3O4S/c1-20(16-5-3-4-6-17(16)25-2)12-18(22)21-10-9-13-11-14(26(19,23)24)7-8-15(13)21/h3-8,11H,9-10,12H2,1-2H3,(H2,19,23,24). The highest BCUT2D eigenvalue weighted by atomic mass is 32.2. The van der Waals surface area contributed by atoms with Gasteiger partial charge in [-0.3, -0.25) is 4.79 Å². The average molecular weight is 375 g/mol. The van der Waals surface area contributed by atoms with Crippen LogP contribution in [0.5, 0.6) is 5.75 Å². The number of ether oxygens (including phenoxy) is 1. The van der Waals surface area contributed by atoms with Gasteiger partial charge >= 0.3 is 0 Å². The number of fused-ring (bicyclic) bond motifs is 1. The molecule has 0 saturated carbocycles. The van der Waals surface area contributed by atoms with Crippen molar-refractivity contribution < 1.29 is 17.9 Å². The van der Waals surface area contributed by atoms with Crippen molar-refractivity contribution in [1.82, 2.24) is 0 Å². The number of hydrogen-bond acceptors (Lipinski definition) is 5. The Hall–Kier alpha value is -2.58. The van der Waals surface area contributed by atoms with Crippen molar-refractivity contribution in [1.29, 1.82) is 0 Å². The molecule has 0 atom stereocenters. The number of anilines is 2. The van der Waals surface area contributed by atoms with Crippen LogP contribution in [0.2, 0.25) is 0 Å². The highest BCUT2D eigenvalue weighted by Gasteiger charge is 2.27. The number of methoxy groups -OCH3 is 1. The maximum absolute atomic E-state index is 12.8. The molecule has 0 fully saturated rings. The quantitative estimate of drug-likeness (QED) is 0.852. The Morgan fingerprint density at radius 3 is 2.69 bits per heavy atom. The van der Waals surface area contributed by atoms with Gasteiger partial charge in [-0.2, -0.15) is 0 Å². The Labute approximate surface area is 153 Å². The van der Waals surface area contributed by atoms with Crippen molar-refractivity contribution in [2.24, 2.45) is 5.14 Å². The largest absolute Gasteiger partial charge is 0.495 e. The molecule has 7 nitrogen and oxygen atoms in total. The van der Waals surface area contributed by atoms with Gasteiger partial charge in [-0.05, 0) is 42.3 Å². The van der Waals surface area contributed by atoms with Crippen LogP contribution in [-0.2, 0) is 21.2 Å². The Bertz CT molecular complexity index is 943. The molecule has 0 bridgehead atoms. The number of nitrogens with zero attached hydrogens (tertiary/aromatic N) is 2. The molecule has 0 radical (unpaired) electrons. The smallest absolute Gasteiger partial charge is 0.246 e. The van der Waals surface area contributed by atoms with Crippen LogP contribution in [-0.4, -0.2) is 41.6 Å². The van der Waals surface area contributed by atoms with Crippen LogP contribution < -0.4 is 19.7 Å². The molecule has 2 N–H and O–H groups in total. The first-order valence-electron chi connectivity index (χ1n) is 8.11. The number of likely N-dealkylation sites (N-methyl/N-ethyl adjacent to an activating group) is 1. The third-order valence-electron chi connectivity index (χ3n) is 4.44. The topological polar surface area (TPSA) is 92.9 Å². The molecule has 0 saturated heterocycles. The van der Waals surface area contributed by atoms with E-state index in [-0.39, 0.29) is 17.3 Å². The minimum Gasteiger partial charge on any atom is -0.495 e. The van der Waals surface area contributed by atoms with Gasteiger partial charge in [-0.15, -0.1) is 0 Å². The summed E-state index contributed by atoms with van der Waals surface area (Å²) in [4.78, 5) is 16.3. The number of hydrogen-bond donors (Lipinski definition) is 1. The molecule has 1 heterocycles. The molecule has 138 valence electrons. The molecule has 1 amide bonds. The fourth-order valence-corrected chi connectivity index (χ4v) is 3.70. The van der Waals surface area contributed by atoms with Gasteiger partial charge < -0.3 is 14.5 Å². The van der Waals surface area contributed by atoms with E-state index >= 15 is 0 Å². The van der Waals surface area contributed by atoms with E-state index in [0.717, 1.165) is 16.9 Å². The molecular formula is C18H21N3O4S. The van der Waals surface area contributed by atoms with Gasteiger partial charge in [0.2, 0.25) is 15.9 Å². The van der Waals surface area contributed by atoms with Crippen LogP contribution in [0.25, 0.3) is 0 Å². The summed E-state index contributed by atoms with van der Waals surface area (Å²) < 4.78 is 28.3. The molecule has 0 unspecified atom stereocenters. The molecule has 0 aromatic heterocycles. The minimum absolute atomic E-state index is 0.0664. The summed E-state index contributed by atoms with van der Waals surface area (Å²) in [5, 5.41) is 5.18. The number of benzene rings is 2. The van der Waals surface area contributed by atoms with Crippen molar-refractivity contribution in [2.75, 3.05) is 37.0 Å². The minimum atomic E-state index is -3.75. The van der Waals surface area contributed by atoms with Crippen molar-refractivity contribution in [3.63, 3.8) is 0 Å². The number of sulfonamides is 1. The summed E-state index contributed by atoms with van der Waals surface area (Å²) in [6.07, 6.45) is 0.600. The number of nitrogens with two attached hydrogens (primary N) is 1. The SMILES string of the molecule is COc1ccccc1N(C)CC(=O)N1CCc2cc(S(N)(=O)=O)ccc21.